The molecule has 0 aliphatic heterocycles. The topological polar surface area (TPSA) is 108 Å². The van der Waals surface area contributed by atoms with E-state index in [1.165, 1.54) is 0 Å². The summed E-state index contributed by atoms with van der Waals surface area (Å²) in [4.78, 5) is 26.8. The maximum atomic E-state index is 11.7. The van der Waals surface area contributed by atoms with Gasteiger partial charge < -0.3 is 10.4 Å². The van der Waals surface area contributed by atoms with Gasteiger partial charge in [0.2, 0.25) is 5.82 Å². The Hall–Kier alpha value is -1.92. The van der Waals surface area contributed by atoms with Gasteiger partial charge >= 0.3 is 5.97 Å². The first-order valence-electron chi connectivity index (χ1n) is 6.00. The fraction of sp³-hybridized carbons (Fsp3) is 0.636. The molecule has 1 amide bonds. The van der Waals surface area contributed by atoms with Crippen molar-refractivity contribution in [2.75, 3.05) is 6.54 Å². The lowest BCUT2D eigenvalue weighted by molar-refractivity contribution is -0.153. The van der Waals surface area contributed by atoms with Crippen LogP contribution in [0.2, 0.25) is 0 Å². The molecule has 98 valence electrons. The van der Waals surface area contributed by atoms with Gasteiger partial charge in [-0.2, -0.15) is 0 Å². The van der Waals surface area contributed by atoms with Gasteiger partial charge in [-0.3, -0.25) is 14.7 Å². The fourth-order valence-electron chi connectivity index (χ4n) is 1.95. The van der Waals surface area contributed by atoms with Crippen LogP contribution < -0.4 is 5.32 Å². The Kier molecular flexibility index (Phi) is 3.31. The second-order valence-corrected chi connectivity index (χ2v) is 4.58. The molecule has 2 rings (SSSR count). The molecule has 1 saturated carbocycles. The number of nitrogens with one attached hydrogen (secondary N) is 2. The lowest BCUT2D eigenvalue weighted by Crippen LogP contribution is -2.47. The van der Waals surface area contributed by atoms with E-state index in [4.69, 9.17) is 5.11 Å². The van der Waals surface area contributed by atoms with Crippen LogP contribution in [0.3, 0.4) is 0 Å². The fourth-order valence-corrected chi connectivity index (χ4v) is 1.95. The number of carboxylic acid groups (broad SMARTS) is 1. The predicted molar refractivity (Wildman–Crippen MR) is 62.0 cm³/mol. The first-order chi connectivity index (χ1) is 8.57. The molecule has 1 fully saturated rings. The number of hydrogen-bond acceptors (Lipinski definition) is 4. The van der Waals surface area contributed by atoms with Crippen molar-refractivity contribution in [3.05, 3.63) is 11.6 Å². The van der Waals surface area contributed by atoms with Gasteiger partial charge in [-0.05, 0) is 12.8 Å². The lowest BCUT2D eigenvalue weighted by atomic mass is 9.69. The third kappa shape index (κ3) is 2.20. The minimum absolute atomic E-state index is 0.0618. The molecule has 0 atom stereocenters. The largest absolute Gasteiger partial charge is 0.481 e. The normalized spacial score (nSPS) is 16.9. The minimum Gasteiger partial charge on any atom is -0.481 e. The molecule has 0 aromatic carbocycles. The minimum atomic E-state index is -0.849. The molecule has 0 saturated heterocycles. The van der Waals surface area contributed by atoms with E-state index in [2.05, 4.69) is 20.5 Å². The lowest BCUT2D eigenvalue weighted by Gasteiger charge is -2.37. The highest BCUT2D eigenvalue weighted by Gasteiger charge is 2.44. The summed E-state index contributed by atoms with van der Waals surface area (Å²) in [6.07, 6.45) is 2.77. The first-order valence-corrected chi connectivity index (χ1v) is 6.00. The van der Waals surface area contributed by atoms with Crippen molar-refractivity contribution < 1.29 is 14.7 Å². The molecular weight excluding hydrogens is 236 g/mol. The van der Waals surface area contributed by atoms with Gasteiger partial charge in [-0.25, -0.2) is 4.98 Å². The molecule has 0 bridgehead atoms. The van der Waals surface area contributed by atoms with Crippen molar-refractivity contribution in [3.8, 4) is 0 Å². The van der Waals surface area contributed by atoms with Crippen LogP contribution in [0.1, 0.15) is 42.6 Å². The van der Waals surface area contributed by atoms with E-state index in [-0.39, 0.29) is 12.4 Å². The maximum Gasteiger partial charge on any atom is 0.311 e. The van der Waals surface area contributed by atoms with Gasteiger partial charge in [0.05, 0.1) is 5.41 Å². The van der Waals surface area contributed by atoms with E-state index in [0.717, 1.165) is 6.42 Å². The molecule has 1 aromatic heterocycles. The Balaban J connectivity index is 1.94. The Morgan fingerprint density at radius 1 is 1.50 bits per heavy atom. The average molecular weight is 252 g/mol. The van der Waals surface area contributed by atoms with Crippen molar-refractivity contribution in [1.29, 1.82) is 0 Å². The molecule has 1 aliphatic rings. The van der Waals surface area contributed by atoms with Gasteiger partial charge in [0, 0.05) is 13.0 Å². The van der Waals surface area contributed by atoms with E-state index in [0.29, 0.717) is 25.1 Å². The smallest absolute Gasteiger partial charge is 0.311 e. The van der Waals surface area contributed by atoms with Gasteiger partial charge in [-0.15, -0.1) is 5.10 Å². The zero-order valence-corrected chi connectivity index (χ0v) is 10.2. The first kappa shape index (κ1) is 12.5. The summed E-state index contributed by atoms with van der Waals surface area (Å²) < 4.78 is 0. The van der Waals surface area contributed by atoms with Gasteiger partial charge in [0.25, 0.3) is 5.91 Å². The summed E-state index contributed by atoms with van der Waals surface area (Å²) in [5.41, 5.74) is -0.792. The Morgan fingerprint density at radius 2 is 2.22 bits per heavy atom. The molecule has 18 heavy (non-hydrogen) atoms. The average Bonchev–Trinajstić information content (AvgIpc) is 2.75. The molecule has 0 spiro atoms. The number of amides is 1. The van der Waals surface area contributed by atoms with Gasteiger partial charge in [0.15, 0.2) is 0 Å². The highest BCUT2D eigenvalue weighted by atomic mass is 16.4. The predicted octanol–water partition coefficient (Wildman–Crippen LogP) is 0.352. The highest BCUT2D eigenvalue weighted by Crippen LogP contribution is 2.40. The molecular formula is C11H16N4O3. The van der Waals surface area contributed by atoms with E-state index in [1.54, 1.807) is 0 Å². The monoisotopic (exact) mass is 252 g/mol. The molecule has 3 N–H and O–H groups in total. The zero-order chi connectivity index (χ0) is 13.2. The van der Waals surface area contributed by atoms with Crippen molar-refractivity contribution in [2.24, 2.45) is 5.41 Å². The summed E-state index contributed by atoms with van der Waals surface area (Å²) >= 11 is 0. The SMILES string of the molecule is CCc1nc(C(=O)NCC2(C(=O)O)CCC2)n[nH]1. The van der Waals surface area contributed by atoms with Crippen molar-refractivity contribution >= 4 is 11.9 Å². The summed E-state index contributed by atoms with van der Waals surface area (Å²) in [6.45, 7) is 2.03. The number of aryl methyl sites for hydroxylation is 1. The van der Waals surface area contributed by atoms with Crippen molar-refractivity contribution in [3.63, 3.8) is 0 Å². The number of nitrogens with zero attached hydrogens (tertiary/aromatic N) is 2. The Labute approximate surface area is 104 Å². The quantitative estimate of drug-likeness (QED) is 0.700. The van der Waals surface area contributed by atoms with Crippen LogP contribution in [0.5, 0.6) is 0 Å². The van der Waals surface area contributed by atoms with Crippen molar-refractivity contribution in [1.82, 2.24) is 20.5 Å². The molecule has 1 aliphatic carbocycles. The van der Waals surface area contributed by atoms with Crippen LogP contribution in [0.25, 0.3) is 0 Å². The van der Waals surface area contributed by atoms with Crippen LogP contribution in [-0.4, -0.2) is 38.7 Å². The second-order valence-electron chi connectivity index (χ2n) is 4.58. The molecule has 1 heterocycles. The maximum absolute atomic E-state index is 11.7. The van der Waals surface area contributed by atoms with E-state index in [9.17, 15) is 9.59 Å². The number of rotatable bonds is 5. The van der Waals surface area contributed by atoms with Crippen LogP contribution in [0, 0.1) is 5.41 Å². The third-order valence-electron chi connectivity index (χ3n) is 3.42. The number of carboxylic acids is 1. The molecule has 7 nitrogen and oxygen atoms in total. The standard InChI is InChI=1S/C11H16N4O3/c1-2-7-13-8(15-14-7)9(16)12-6-11(10(17)18)4-3-5-11/h2-6H2,1H3,(H,12,16)(H,17,18)(H,13,14,15). The number of aromatic amines is 1. The third-order valence-corrected chi connectivity index (χ3v) is 3.42. The van der Waals surface area contributed by atoms with Crippen molar-refractivity contribution in [2.45, 2.75) is 32.6 Å². The summed E-state index contributed by atoms with van der Waals surface area (Å²) in [5, 5.41) is 18.1. The molecule has 7 heteroatoms. The summed E-state index contributed by atoms with van der Waals surface area (Å²) in [7, 11) is 0. The number of carbonyl (C=O) groups excluding carboxylic acids is 1. The van der Waals surface area contributed by atoms with Crippen LogP contribution in [-0.2, 0) is 11.2 Å². The van der Waals surface area contributed by atoms with E-state index in [1.807, 2.05) is 6.92 Å². The van der Waals surface area contributed by atoms with E-state index < -0.39 is 17.3 Å². The number of aliphatic carboxylic acids is 1. The number of hydrogen-bond donors (Lipinski definition) is 3. The summed E-state index contributed by atoms with van der Waals surface area (Å²) in [5.74, 6) is -0.583. The Bertz CT molecular complexity index is 465. The molecule has 0 unspecified atom stereocenters. The van der Waals surface area contributed by atoms with Gasteiger partial charge in [0.1, 0.15) is 5.82 Å². The van der Waals surface area contributed by atoms with Gasteiger partial charge in [-0.1, -0.05) is 13.3 Å². The molecule has 1 aromatic rings. The zero-order valence-electron chi connectivity index (χ0n) is 10.2. The number of H-pyrrole nitrogens is 1. The number of aromatic nitrogens is 3. The molecule has 0 radical (unpaired) electrons. The summed E-state index contributed by atoms with van der Waals surface area (Å²) in [6, 6.07) is 0. The Morgan fingerprint density at radius 3 is 2.67 bits per heavy atom. The van der Waals surface area contributed by atoms with Crippen LogP contribution in [0.15, 0.2) is 0 Å². The number of carbonyl (C=O) groups is 2. The van der Waals surface area contributed by atoms with Crippen LogP contribution in [0.4, 0.5) is 0 Å². The van der Waals surface area contributed by atoms with Crippen LogP contribution >= 0.6 is 0 Å². The van der Waals surface area contributed by atoms with E-state index >= 15 is 0 Å². The highest BCUT2D eigenvalue weighted by molar-refractivity contribution is 5.90. The second kappa shape index (κ2) is 4.75.